The first-order valence-electron chi connectivity index (χ1n) is 12.2. The van der Waals surface area contributed by atoms with Crippen LogP contribution in [0.1, 0.15) is 44.9 Å². The number of allylic oxidation sites excluding steroid dienone is 2. The van der Waals surface area contributed by atoms with Crippen molar-refractivity contribution in [2.24, 2.45) is 5.92 Å². The minimum absolute atomic E-state index is 0.0209. The van der Waals surface area contributed by atoms with Crippen LogP contribution < -0.4 is 4.90 Å². The van der Waals surface area contributed by atoms with Crippen LogP contribution in [0.25, 0.3) is 0 Å². The second kappa shape index (κ2) is 9.42. The van der Waals surface area contributed by atoms with Gasteiger partial charge >= 0.3 is 6.03 Å². The molecular weight excluding hydrogens is 442 g/mol. The molecule has 35 heavy (non-hydrogen) atoms. The van der Waals surface area contributed by atoms with Crippen LogP contribution in [-0.4, -0.2) is 89.0 Å². The average Bonchev–Trinajstić information content (AvgIpc) is 3.10. The summed E-state index contributed by atoms with van der Waals surface area (Å²) in [6, 6.07) is 3.35. The average molecular weight is 478 g/mol. The van der Waals surface area contributed by atoms with Gasteiger partial charge in [0.05, 0.1) is 12.1 Å². The Morgan fingerprint density at radius 2 is 1.94 bits per heavy atom. The van der Waals surface area contributed by atoms with Crippen LogP contribution in [0.2, 0.25) is 0 Å². The Hall–Kier alpha value is -3.25. The van der Waals surface area contributed by atoms with E-state index < -0.39 is 5.54 Å². The molecule has 0 radical (unpaired) electrons. The molecule has 4 rings (SSSR count). The largest absolute Gasteiger partial charge is 0.347 e. The van der Waals surface area contributed by atoms with E-state index in [-0.39, 0.29) is 29.8 Å². The molecule has 9 nitrogen and oxygen atoms in total. The van der Waals surface area contributed by atoms with Crippen LogP contribution in [0.15, 0.2) is 36.1 Å². The van der Waals surface area contributed by atoms with Crippen molar-refractivity contribution in [3.8, 4) is 6.07 Å². The Balaban J connectivity index is 1.67. The molecule has 0 N–H and O–H groups in total. The smallest absolute Gasteiger partial charge is 0.326 e. The van der Waals surface area contributed by atoms with E-state index in [9.17, 15) is 14.9 Å². The molecule has 1 aromatic heterocycles. The van der Waals surface area contributed by atoms with E-state index in [1.165, 1.54) is 16.7 Å². The molecule has 1 spiro atoms. The number of hydrogen-bond donors (Lipinski definition) is 0. The summed E-state index contributed by atoms with van der Waals surface area (Å²) < 4.78 is 0. The molecule has 1 aromatic rings. The standard InChI is InChI=1S/C26H35N7O2/c1-19-7-6-8-20(15-19)26(31(4)5)12-10-25(11-13-26)18-32(22-9-14-28-21(16-27)29-22)24(35)33(25)17-23(34)30(2)3/h6,8-9,14-15,19H,7,10-13,17-18H2,1-5H3. The zero-order valence-electron chi connectivity index (χ0n) is 21.4. The number of nitriles is 1. The Morgan fingerprint density at radius 1 is 1.23 bits per heavy atom. The van der Waals surface area contributed by atoms with Crippen molar-refractivity contribution in [1.82, 2.24) is 24.7 Å². The van der Waals surface area contributed by atoms with Crippen molar-refractivity contribution >= 4 is 17.8 Å². The number of hydrogen-bond acceptors (Lipinski definition) is 6. The van der Waals surface area contributed by atoms with Crippen molar-refractivity contribution in [3.63, 3.8) is 0 Å². The first-order chi connectivity index (χ1) is 16.6. The third kappa shape index (κ3) is 4.43. The lowest BCUT2D eigenvalue weighted by molar-refractivity contribution is -0.130. The van der Waals surface area contributed by atoms with Crippen molar-refractivity contribution in [2.75, 3.05) is 46.2 Å². The van der Waals surface area contributed by atoms with Crippen LogP contribution in [-0.2, 0) is 4.79 Å². The minimum atomic E-state index is -0.482. The Bertz CT molecular complexity index is 1090. The number of aromatic nitrogens is 2. The molecule has 1 atom stereocenters. The minimum Gasteiger partial charge on any atom is -0.347 e. The van der Waals surface area contributed by atoms with E-state index in [0.29, 0.717) is 18.3 Å². The van der Waals surface area contributed by atoms with E-state index in [4.69, 9.17) is 0 Å². The van der Waals surface area contributed by atoms with Gasteiger partial charge in [0.25, 0.3) is 0 Å². The molecule has 1 unspecified atom stereocenters. The van der Waals surface area contributed by atoms with E-state index >= 15 is 0 Å². The van der Waals surface area contributed by atoms with E-state index in [0.717, 1.165) is 32.1 Å². The fourth-order valence-electron chi connectivity index (χ4n) is 5.74. The van der Waals surface area contributed by atoms with Crippen LogP contribution in [0.3, 0.4) is 0 Å². The van der Waals surface area contributed by atoms with Crippen LogP contribution in [0.5, 0.6) is 0 Å². The number of rotatable bonds is 5. The highest BCUT2D eigenvalue weighted by molar-refractivity contribution is 5.97. The van der Waals surface area contributed by atoms with Gasteiger partial charge in [0.1, 0.15) is 18.4 Å². The second-order valence-electron chi connectivity index (χ2n) is 10.5. The van der Waals surface area contributed by atoms with Gasteiger partial charge in [-0.2, -0.15) is 5.26 Å². The summed E-state index contributed by atoms with van der Waals surface area (Å²) in [5.74, 6) is 0.813. The van der Waals surface area contributed by atoms with E-state index in [2.05, 4.69) is 54.1 Å². The zero-order chi connectivity index (χ0) is 25.4. The normalized spacial score (nSPS) is 28.4. The topological polar surface area (TPSA) is 96.7 Å². The summed E-state index contributed by atoms with van der Waals surface area (Å²) >= 11 is 0. The molecule has 3 amide bonds. The molecule has 0 aromatic carbocycles. The van der Waals surface area contributed by atoms with Gasteiger partial charge < -0.3 is 9.80 Å². The SMILES string of the molecule is CC1C=C(C2(N(C)C)CCC3(CC2)CN(c2ccnc(C#N)n2)C(=O)N3CC(=O)N(C)C)C=CC1. The first-order valence-corrected chi connectivity index (χ1v) is 12.2. The highest BCUT2D eigenvalue weighted by atomic mass is 16.2. The molecule has 9 heteroatoms. The Kier molecular flexibility index (Phi) is 6.69. The van der Waals surface area contributed by atoms with E-state index in [1.807, 2.05) is 6.07 Å². The zero-order valence-corrected chi connectivity index (χ0v) is 21.4. The Labute approximate surface area is 207 Å². The summed E-state index contributed by atoms with van der Waals surface area (Å²) in [5, 5.41) is 9.24. The number of likely N-dealkylation sites (N-methyl/N-ethyl adjacent to an activating group) is 2. The summed E-state index contributed by atoms with van der Waals surface area (Å²) in [6.07, 6.45) is 12.8. The maximum atomic E-state index is 13.7. The van der Waals surface area contributed by atoms with Gasteiger partial charge in [-0.15, -0.1) is 0 Å². The summed E-state index contributed by atoms with van der Waals surface area (Å²) in [7, 11) is 7.68. The monoisotopic (exact) mass is 477 g/mol. The van der Waals surface area contributed by atoms with Gasteiger partial charge in [0, 0.05) is 25.8 Å². The molecule has 1 aliphatic heterocycles. The molecule has 1 saturated heterocycles. The maximum absolute atomic E-state index is 13.7. The predicted molar refractivity (Wildman–Crippen MR) is 134 cm³/mol. The van der Waals surface area contributed by atoms with Crippen molar-refractivity contribution in [1.29, 1.82) is 5.26 Å². The van der Waals surface area contributed by atoms with Gasteiger partial charge in [-0.25, -0.2) is 14.8 Å². The fraction of sp³-hybridized carbons (Fsp3) is 0.577. The molecule has 2 fully saturated rings. The molecular formula is C26H35N7O2. The second-order valence-corrected chi connectivity index (χ2v) is 10.5. The summed E-state index contributed by atoms with van der Waals surface area (Å²) in [4.78, 5) is 41.8. The number of amides is 3. The fourth-order valence-corrected chi connectivity index (χ4v) is 5.74. The van der Waals surface area contributed by atoms with E-state index in [1.54, 1.807) is 30.0 Å². The lowest BCUT2D eigenvalue weighted by Crippen LogP contribution is -2.58. The maximum Gasteiger partial charge on any atom is 0.326 e. The summed E-state index contributed by atoms with van der Waals surface area (Å²) in [6.45, 7) is 2.70. The number of nitrogens with zero attached hydrogens (tertiary/aromatic N) is 7. The molecule has 2 aliphatic carbocycles. The first kappa shape index (κ1) is 24.9. The van der Waals surface area contributed by atoms with Crippen LogP contribution in [0, 0.1) is 17.2 Å². The lowest BCUT2D eigenvalue weighted by atomic mass is 9.67. The van der Waals surface area contributed by atoms with Gasteiger partial charge in [-0.3, -0.25) is 14.6 Å². The van der Waals surface area contributed by atoms with Crippen LogP contribution in [0.4, 0.5) is 10.6 Å². The number of carbonyl (C=O) groups excluding carboxylic acids is 2. The van der Waals surface area contributed by atoms with Gasteiger partial charge in [0.2, 0.25) is 11.7 Å². The molecule has 1 saturated carbocycles. The van der Waals surface area contributed by atoms with Crippen LogP contribution >= 0.6 is 0 Å². The van der Waals surface area contributed by atoms with Crippen molar-refractivity contribution < 1.29 is 9.59 Å². The Morgan fingerprint density at radius 3 is 2.54 bits per heavy atom. The highest BCUT2D eigenvalue weighted by Gasteiger charge is 2.55. The molecule has 186 valence electrons. The number of carbonyl (C=O) groups is 2. The van der Waals surface area contributed by atoms with Crippen molar-refractivity contribution in [2.45, 2.75) is 50.1 Å². The summed E-state index contributed by atoms with van der Waals surface area (Å²) in [5.41, 5.74) is 0.764. The lowest BCUT2D eigenvalue weighted by Gasteiger charge is -2.51. The quantitative estimate of drug-likeness (QED) is 0.647. The van der Waals surface area contributed by atoms with Gasteiger partial charge in [-0.1, -0.05) is 25.2 Å². The predicted octanol–water partition coefficient (Wildman–Crippen LogP) is 2.81. The third-order valence-corrected chi connectivity index (χ3v) is 7.97. The highest BCUT2D eigenvalue weighted by Crippen LogP contribution is 2.48. The third-order valence-electron chi connectivity index (χ3n) is 7.97. The molecule has 3 aliphatic rings. The van der Waals surface area contributed by atoms with Crippen molar-refractivity contribution in [3.05, 3.63) is 41.9 Å². The number of urea groups is 1. The van der Waals surface area contributed by atoms with Gasteiger partial charge in [0.15, 0.2) is 0 Å². The number of anilines is 1. The van der Waals surface area contributed by atoms with Gasteiger partial charge in [-0.05, 0) is 63.8 Å². The molecule has 2 heterocycles. The molecule has 0 bridgehead atoms.